The predicted octanol–water partition coefficient (Wildman–Crippen LogP) is 2.11. The van der Waals surface area contributed by atoms with Gasteiger partial charge in [-0.3, -0.25) is 4.79 Å². The summed E-state index contributed by atoms with van der Waals surface area (Å²) in [6, 6.07) is 5.50. The summed E-state index contributed by atoms with van der Waals surface area (Å²) in [6.45, 7) is 7.82. The van der Waals surface area contributed by atoms with E-state index in [1.165, 1.54) is 4.52 Å². The number of carbonyl (C=O) groups excluding carboxylic acids is 1. The van der Waals surface area contributed by atoms with Gasteiger partial charge in [0.1, 0.15) is 11.9 Å². The van der Waals surface area contributed by atoms with Crippen LogP contribution in [0.3, 0.4) is 0 Å². The molecule has 8 nitrogen and oxygen atoms in total. The third kappa shape index (κ3) is 2.72. The van der Waals surface area contributed by atoms with Crippen LogP contribution in [0.4, 0.5) is 5.82 Å². The summed E-state index contributed by atoms with van der Waals surface area (Å²) in [6.07, 6.45) is 3.32. The molecule has 0 bridgehead atoms. The van der Waals surface area contributed by atoms with Crippen molar-refractivity contribution in [2.45, 2.75) is 33.2 Å². The van der Waals surface area contributed by atoms with Gasteiger partial charge in [-0.15, -0.1) is 5.10 Å². The monoisotopic (exact) mass is 323 g/mol. The van der Waals surface area contributed by atoms with Crippen LogP contribution in [0.25, 0.3) is 5.78 Å². The largest absolute Gasteiger partial charge is 0.328 e. The molecule has 122 valence electrons. The first-order chi connectivity index (χ1) is 11.3. The summed E-state index contributed by atoms with van der Waals surface area (Å²) in [4.78, 5) is 20.7. The Morgan fingerprint density at radius 2 is 2.12 bits per heavy atom. The van der Waals surface area contributed by atoms with Crippen LogP contribution >= 0.6 is 0 Å². The number of aromatic nitrogens is 5. The molecule has 3 heterocycles. The lowest BCUT2D eigenvalue weighted by atomic mass is 10.1. The summed E-state index contributed by atoms with van der Waals surface area (Å²) >= 11 is 0. The first-order valence-corrected chi connectivity index (χ1v) is 7.42. The molecule has 0 radical (unpaired) electrons. The van der Waals surface area contributed by atoms with Crippen molar-refractivity contribution < 1.29 is 4.79 Å². The molecule has 3 aromatic heterocycles. The van der Waals surface area contributed by atoms with Gasteiger partial charge >= 0.3 is 0 Å². The Labute approximate surface area is 138 Å². The van der Waals surface area contributed by atoms with E-state index < -0.39 is 5.91 Å². The third-order valence-electron chi connectivity index (χ3n) is 3.55. The van der Waals surface area contributed by atoms with E-state index in [-0.39, 0.29) is 11.4 Å². The van der Waals surface area contributed by atoms with Gasteiger partial charge in [0.25, 0.3) is 11.7 Å². The van der Waals surface area contributed by atoms with E-state index in [9.17, 15) is 4.79 Å². The molecule has 1 N–H and O–H groups in total. The molecule has 3 aromatic rings. The smallest absolute Gasteiger partial charge is 0.296 e. The Bertz CT molecular complexity index is 969. The molecule has 3 rings (SSSR count). The highest BCUT2D eigenvalue weighted by molar-refractivity contribution is 6.01. The normalized spacial score (nSPS) is 11.5. The molecule has 24 heavy (non-hydrogen) atoms. The molecular weight excluding hydrogens is 306 g/mol. The molecule has 0 aliphatic heterocycles. The zero-order valence-corrected chi connectivity index (χ0v) is 13.9. The molecule has 0 aromatic carbocycles. The van der Waals surface area contributed by atoms with Gasteiger partial charge < -0.3 is 9.88 Å². The van der Waals surface area contributed by atoms with E-state index in [0.29, 0.717) is 17.2 Å². The van der Waals surface area contributed by atoms with Gasteiger partial charge in [-0.05, 0) is 39.8 Å². The zero-order valence-electron chi connectivity index (χ0n) is 13.9. The molecular formula is C16H17N7O. The molecule has 0 saturated carbocycles. The second-order valence-corrected chi connectivity index (χ2v) is 6.45. The topological polar surface area (TPSA) is 101 Å². The number of hydrogen-bond donors (Lipinski definition) is 1. The predicted molar refractivity (Wildman–Crippen MR) is 87.6 cm³/mol. The summed E-state index contributed by atoms with van der Waals surface area (Å²) in [5.41, 5.74) is 1.01. The second kappa shape index (κ2) is 5.45. The Morgan fingerprint density at radius 1 is 1.38 bits per heavy atom. The number of carbonyl (C=O) groups is 1. The molecule has 1 amide bonds. The van der Waals surface area contributed by atoms with Crippen LogP contribution in [0.5, 0.6) is 0 Å². The molecule has 0 unspecified atom stereocenters. The van der Waals surface area contributed by atoms with Crippen LogP contribution in [-0.2, 0) is 5.54 Å². The quantitative estimate of drug-likeness (QED) is 0.778. The maximum atomic E-state index is 12.5. The van der Waals surface area contributed by atoms with Crippen molar-refractivity contribution in [1.29, 1.82) is 5.26 Å². The molecule has 0 spiro atoms. The minimum atomic E-state index is -0.451. The number of amides is 1. The van der Waals surface area contributed by atoms with Crippen molar-refractivity contribution in [1.82, 2.24) is 24.1 Å². The number of nitrogens with zero attached hydrogens (tertiary/aromatic N) is 6. The average molecular weight is 323 g/mol. The van der Waals surface area contributed by atoms with Gasteiger partial charge in [0.05, 0.1) is 5.56 Å². The lowest BCUT2D eigenvalue weighted by Gasteiger charge is -2.24. The van der Waals surface area contributed by atoms with E-state index in [4.69, 9.17) is 5.26 Å². The number of nitriles is 1. The van der Waals surface area contributed by atoms with Gasteiger partial charge in [0.15, 0.2) is 0 Å². The highest BCUT2D eigenvalue weighted by Gasteiger charge is 2.21. The molecule has 0 atom stereocenters. The van der Waals surface area contributed by atoms with Crippen molar-refractivity contribution >= 4 is 17.5 Å². The fraction of sp³-hybridized carbons (Fsp3) is 0.312. The number of fused-ring (bicyclic) bond motifs is 1. The van der Waals surface area contributed by atoms with Gasteiger partial charge in [-0.2, -0.15) is 10.2 Å². The Balaban J connectivity index is 1.96. The summed E-state index contributed by atoms with van der Waals surface area (Å²) in [7, 11) is 0. The summed E-state index contributed by atoms with van der Waals surface area (Å²) in [5, 5.41) is 16.1. The lowest BCUT2D eigenvalue weighted by Crippen LogP contribution is -2.25. The fourth-order valence-electron chi connectivity index (χ4n) is 2.35. The number of nitrogens with one attached hydrogen (secondary N) is 1. The van der Waals surface area contributed by atoms with Gasteiger partial charge in [0, 0.05) is 23.6 Å². The molecule has 0 saturated heterocycles. The van der Waals surface area contributed by atoms with Crippen LogP contribution in [0.15, 0.2) is 24.5 Å². The average Bonchev–Trinajstić information content (AvgIpc) is 3.11. The van der Waals surface area contributed by atoms with Crippen LogP contribution in [0.2, 0.25) is 0 Å². The molecule has 0 fully saturated rings. The highest BCUT2D eigenvalue weighted by Crippen LogP contribution is 2.24. The number of hydrogen-bond acceptors (Lipinski definition) is 5. The van der Waals surface area contributed by atoms with Crippen LogP contribution in [0, 0.1) is 18.3 Å². The zero-order chi connectivity index (χ0) is 17.5. The van der Waals surface area contributed by atoms with Crippen molar-refractivity contribution in [2.24, 2.45) is 0 Å². The van der Waals surface area contributed by atoms with Gasteiger partial charge in [-0.25, -0.2) is 9.50 Å². The van der Waals surface area contributed by atoms with E-state index in [1.54, 1.807) is 24.5 Å². The number of rotatable bonds is 2. The highest BCUT2D eigenvalue weighted by atomic mass is 16.2. The van der Waals surface area contributed by atoms with Crippen LogP contribution in [-0.4, -0.2) is 30.1 Å². The fourth-order valence-corrected chi connectivity index (χ4v) is 2.35. The summed E-state index contributed by atoms with van der Waals surface area (Å²) < 4.78 is 3.35. The standard InChI is InChI=1S/C16H17N7O/c1-10-5-6-18-15-20-13(21-23(10)15)14(24)19-12-7-11(8-17)9-22(12)16(2,3)4/h5-7,9H,1-4H3,(H,19,24). The van der Waals surface area contributed by atoms with Crippen molar-refractivity contribution in [2.75, 3.05) is 5.32 Å². The van der Waals surface area contributed by atoms with Crippen LogP contribution < -0.4 is 5.32 Å². The maximum Gasteiger partial charge on any atom is 0.296 e. The first kappa shape index (κ1) is 15.7. The lowest BCUT2D eigenvalue weighted by molar-refractivity contribution is 0.101. The number of anilines is 1. The molecule has 8 heteroatoms. The number of aryl methyl sites for hydroxylation is 1. The SMILES string of the molecule is Cc1ccnc2nc(C(=O)Nc3cc(C#N)cn3C(C)(C)C)nn12. The van der Waals surface area contributed by atoms with Gasteiger partial charge in [-0.1, -0.05) is 0 Å². The minimum absolute atomic E-state index is 0.0250. The van der Waals surface area contributed by atoms with Gasteiger partial charge in [0.2, 0.25) is 5.82 Å². The third-order valence-corrected chi connectivity index (χ3v) is 3.55. The molecule has 0 aliphatic rings. The van der Waals surface area contributed by atoms with E-state index in [1.807, 2.05) is 32.3 Å². The Morgan fingerprint density at radius 3 is 2.75 bits per heavy atom. The van der Waals surface area contributed by atoms with Crippen molar-refractivity contribution in [3.8, 4) is 6.07 Å². The summed E-state index contributed by atoms with van der Waals surface area (Å²) in [5.74, 6) is 0.460. The second-order valence-electron chi connectivity index (χ2n) is 6.45. The molecule has 0 aliphatic carbocycles. The van der Waals surface area contributed by atoms with Crippen molar-refractivity contribution in [3.63, 3.8) is 0 Å². The van der Waals surface area contributed by atoms with E-state index in [0.717, 1.165) is 5.69 Å². The maximum absolute atomic E-state index is 12.5. The van der Waals surface area contributed by atoms with E-state index in [2.05, 4.69) is 26.5 Å². The first-order valence-electron chi connectivity index (χ1n) is 7.42. The minimum Gasteiger partial charge on any atom is -0.328 e. The van der Waals surface area contributed by atoms with Crippen molar-refractivity contribution in [3.05, 3.63) is 41.6 Å². The Kier molecular flexibility index (Phi) is 3.56. The van der Waals surface area contributed by atoms with Crippen LogP contribution in [0.1, 0.15) is 42.6 Å². The van der Waals surface area contributed by atoms with E-state index >= 15 is 0 Å². The Hall–Kier alpha value is -3.21.